The minimum absolute atomic E-state index is 0.168. The van der Waals surface area contributed by atoms with Crippen molar-refractivity contribution in [2.75, 3.05) is 0 Å². The minimum atomic E-state index is -4.49. The number of hydrogen-bond donors (Lipinski definition) is 1. The second kappa shape index (κ2) is 6.68. The lowest BCUT2D eigenvalue weighted by Crippen LogP contribution is -2.05. The maximum atomic E-state index is 12.8. The van der Waals surface area contributed by atoms with Gasteiger partial charge in [-0.3, -0.25) is 0 Å². The molecule has 0 bridgehead atoms. The Kier molecular flexibility index (Phi) is 4.59. The Hall–Kier alpha value is -2.67. The minimum Gasteiger partial charge on any atom is -0.506 e. The first-order valence-electron chi connectivity index (χ1n) is 7.12. The SMILES string of the molecule is O=c1oc(-c2ccccc2)cc(O)c1Sc1cccc(C(F)(F)F)c1. The van der Waals surface area contributed by atoms with E-state index in [4.69, 9.17) is 4.42 Å². The number of hydrogen-bond acceptors (Lipinski definition) is 4. The fraction of sp³-hybridized carbons (Fsp3) is 0.0556. The largest absolute Gasteiger partial charge is 0.506 e. The van der Waals surface area contributed by atoms with Gasteiger partial charge in [0.2, 0.25) is 0 Å². The molecule has 0 aliphatic rings. The molecule has 25 heavy (non-hydrogen) atoms. The van der Waals surface area contributed by atoms with E-state index in [2.05, 4.69) is 0 Å². The van der Waals surface area contributed by atoms with Crippen LogP contribution in [0, 0.1) is 0 Å². The van der Waals surface area contributed by atoms with Crippen LogP contribution in [0.3, 0.4) is 0 Å². The number of halogens is 3. The van der Waals surface area contributed by atoms with Gasteiger partial charge in [0, 0.05) is 16.5 Å². The molecule has 0 aliphatic carbocycles. The molecular weight excluding hydrogens is 353 g/mol. The first-order chi connectivity index (χ1) is 11.8. The van der Waals surface area contributed by atoms with Crippen LogP contribution in [0.2, 0.25) is 0 Å². The van der Waals surface area contributed by atoms with Crippen LogP contribution in [0.4, 0.5) is 13.2 Å². The van der Waals surface area contributed by atoms with Crippen LogP contribution in [0.1, 0.15) is 5.56 Å². The Morgan fingerprint density at radius 3 is 2.32 bits per heavy atom. The molecule has 7 heteroatoms. The van der Waals surface area contributed by atoms with Crippen LogP contribution < -0.4 is 5.63 Å². The lowest BCUT2D eigenvalue weighted by molar-refractivity contribution is -0.137. The summed E-state index contributed by atoms with van der Waals surface area (Å²) >= 11 is 0.719. The Morgan fingerprint density at radius 2 is 1.68 bits per heavy atom. The van der Waals surface area contributed by atoms with Crippen LogP contribution in [0.5, 0.6) is 5.75 Å². The first-order valence-corrected chi connectivity index (χ1v) is 7.94. The van der Waals surface area contributed by atoms with E-state index in [0.717, 1.165) is 23.9 Å². The van der Waals surface area contributed by atoms with Crippen molar-refractivity contribution < 1.29 is 22.7 Å². The molecule has 1 heterocycles. The Balaban J connectivity index is 1.96. The summed E-state index contributed by atoms with van der Waals surface area (Å²) in [5.74, 6) is -0.172. The second-order valence-electron chi connectivity index (χ2n) is 5.11. The van der Waals surface area contributed by atoms with Crippen molar-refractivity contribution in [1.29, 1.82) is 0 Å². The standard InChI is InChI=1S/C18H11F3O3S/c19-18(20,21)12-7-4-8-13(9-12)25-16-14(22)10-15(24-17(16)23)11-5-2-1-3-6-11/h1-10,22H. The van der Waals surface area contributed by atoms with Crippen molar-refractivity contribution in [3.05, 3.63) is 76.6 Å². The van der Waals surface area contributed by atoms with E-state index in [9.17, 15) is 23.1 Å². The van der Waals surface area contributed by atoms with Gasteiger partial charge in [0.1, 0.15) is 16.4 Å². The molecule has 3 rings (SSSR count). The molecular formula is C18H11F3O3S. The normalized spacial score (nSPS) is 11.5. The molecule has 0 unspecified atom stereocenters. The highest BCUT2D eigenvalue weighted by atomic mass is 32.2. The van der Waals surface area contributed by atoms with E-state index in [1.165, 1.54) is 18.2 Å². The third-order valence-corrected chi connectivity index (χ3v) is 4.40. The van der Waals surface area contributed by atoms with E-state index in [1.807, 2.05) is 0 Å². The Labute approximate surface area is 144 Å². The molecule has 1 aromatic heterocycles. The van der Waals surface area contributed by atoms with Crippen molar-refractivity contribution in [2.45, 2.75) is 16.0 Å². The predicted molar refractivity (Wildman–Crippen MR) is 87.6 cm³/mol. The van der Waals surface area contributed by atoms with Gasteiger partial charge in [0.25, 0.3) is 0 Å². The smallest absolute Gasteiger partial charge is 0.416 e. The van der Waals surface area contributed by atoms with Crippen molar-refractivity contribution in [2.24, 2.45) is 0 Å². The monoisotopic (exact) mass is 364 g/mol. The van der Waals surface area contributed by atoms with Crippen LogP contribution in [0.25, 0.3) is 11.3 Å². The number of rotatable bonds is 3. The van der Waals surface area contributed by atoms with E-state index >= 15 is 0 Å². The third kappa shape index (κ3) is 3.88. The summed E-state index contributed by atoms with van der Waals surface area (Å²) in [5.41, 5.74) is -1.05. The average Bonchev–Trinajstić information content (AvgIpc) is 2.58. The molecule has 3 aromatic rings. The van der Waals surface area contributed by atoms with E-state index in [1.54, 1.807) is 30.3 Å². The van der Waals surface area contributed by atoms with Crippen LogP contribution in [-0.2, 0) is 6.18 Å². The maximum Gasteiger partial charge on any atom is 0.416 e. The molecule has 0 radical (unpaired) electrons. The molecule has 128 valence electrons. The zero-order valence-corrected chi connectivity index (χ0v) is 13.4. The molecule has 2 aromatic carbocycles. The highest BCUT2D eigenvalue weighted by Gasteiger charge is 2.30. The zero-order chi connectivity index (χ0) is 18.0. The first kappa shape index (κ1) is 17.2. The zero-order valence-electron chi connectivity index (χ0n) is 12.6. The van der Waals surface area contributed by atoms with Gasteiger partial charge in [-0.25, -0.2) is 4.79 Å². The van der Waals surface area contributed by atoms with Crippen molar-refractivity contribution in [3.63, 3.8) is 0 Å². The van der Waals surface area contributed by atoms with Gasteiger partial charge < -0.3 is 9.52 Å². The Morgan fingerprint density at radius 1 is 0.960 bits per heavy atom. The summed E-state index contributed by atoms with van der Waals surface area (Å²) in [5, 5.41) is 10.1. The number of aromatic hydroxyl groups is 1. The van der Waals surface area contributed by atoms with Gasteiger partial charge in [0.05, 0.1) is 5.56 Å². The third-order valence-electron chi connectivity index (χ3n) is 3.33. The molecule has 3 nitrogen and oxygen atoms in total. The predicted octanol–water partition coefficient (Wildman–Crippen LogP) is 5.18. The quantitative estimate of drug-likeness (QED) is 0.695. The highest BCUT2D eigenvalue weighted by Crippen LogP contribution is 2.37. The molecule has 0 amide bonds. The van der Waals surface area contributed by atoms with Crippen molar-refractivity contribution in [1.82, 2.24) is 0 Å². The van der Waals surface area contributed by atoms with Gasteiger partial charge >= 0.3 is 11.8 Å². The molecule has 0 atom stereocenters. The molecule has 0 fully saturated rings. The summed E-state index contributed by atoms with van der Waals surface area (Å²) in [7, 11) is 0. The van der Waals surface area contributed by atoms with E-state index in [-0.39, 0.29) is 21.3 Å². The van der Waals surface area contributed by atoms with Gasteiger partial charge in [-0.2, -0.15) is 13.2 Å². The summed E-state index contributed by atoms with van der Waals surface area (Å²) in [6.07, 6.45) is -4.49. The Bertz CT molecular complexity index is 950. The van der Waals surface area contributed by atoms with Gasteiger partial charge in [0.15, 0.2) is 0 Å². The van der Waals surface area contributed by atoms with Crippen LogP contribution in [0.15, 0.2) is 79.7 Å². The van der Waals surface area contributed by atoms with E-state index in [0.29, 0.717) is 5.56 Å². The number of alkyl halides is 3. The topological polar surface area (TPSA) is 50.4 Å². The fourth-order valence-electron chi connectivity index (χ4n) is 2.16. The summed E-state index contributed by atoms with van der Waals surface area (Å²) in [6.45, 7) is 0. The molecule has 0 saturated carbocycles. The lowest BCUT2D eigenvalue weighted by Gasteiger charge is -2.09. The molecule has 0 spiro atoms. The van der Waals surface area contributed by atoms with Gasteiger partial charge in [-0.15, -0.1) is 0 Å². The second-order valence-corrected chi connectivity index (χ2v) is 6.19. The van der Waals surface area contributed by atoms with Crippen LogP contribution in [-0.4, -0.2) is 5.11 Å². The van der Waals surface area contributed by atoms with Crippen molar-refractivity contribution >= 4 is 11.8 Å². The molecule has 1 N–H and O–H groups in total. The molecule has 0 saturated heterocycles. The lowest BCUT2D eigenvalue weighted by atomic mass is 10.1. The fourth-order valence-corrected chi connectivity index (χ4v) is 3.02. The average molecular weight is 364 g/mol. The highest BCUT2D eigenvalue weighted by molar-refractivity contribution is 7.99. The van der Waals surface area contributed by atoms with E-state index < -0.39 is 17.4 Å². The summed E-state index contributed by atoms with van der Waals surface area (Å²) < 4.78 is 43.5. The summed E-state index contributed by atoms with van der Waals surface area (Å²) in [4.78, 5) is 12.2. The van der Waals surface area contributed by atoms with Gasteiger partial charge in [-0.05, 0) is 18.2 Å². The van der Waals surface area contributed by atoms with Crippen LogP contribution >= 0.6 is 11.8 Å². The molecule has 0 aliphatic heterocycles. The maximum absolute atomic E-state index is 12.8. The summed E-state index contributed by atoms with van der Waals surface area (Å²) in [6, 6.07) is 14.5. The van der Waals surface area contributed by atoms with Gasteiger partial charge in [-0.1, -0.05) is 48.2 Å². The number of benzene rings is 2. The van der Waals surface area contributed by atoms with Crippen molar-refractivity contribution in [3.8, 4) is 17.1 Å².